The minimum atomic E-state index is -0.000556. The first-order valence-corrected chi connectivity index (χ1v) is 5.87. The molecule has 16 heavy (non-hydrogen) atoms. The topological polar surface area (TPSA) is 45.5 Å². The Hall–Kier alpha value is -1.29. The molecule has 0 unspecified atom stereocenters. The summed E-state index contributed by atoms with van der Waals surface area (Å²) in [5.74, 6) is 1.45. The fraction of sp³-hybridized carbons (Fsp3) is 0.583. The van der Waals surface area contributed by atoms with Crippen LogP contribution in [0.5, 0.6) is 0 Å². The van der Waals surface area contributed by atoms with Gasteiger partial charge in [0.25, 0.3) is 5.91 Å². The molecule has 0 aromatic carbocycles. The fourth-order valence-electron chi connectivity index (χ4n) is 2.02. The quantitative estimate of drug-likeness (QED) is 0.841. The van der Waals surface area contributed by atoms with E-state index in [0.717, 1.165) is 43.9 Å². The van der Waals surface area contributed by atoms with Gasteiger partial charge in [-0.2, -0.15) is 0 Å². The molecule has 1 aromatic heterocycles. The van der Waals surface area contributed by atoms with Crippen LogP contribution in [0.1, 0.15) is 35.7 Å². The van der Waals surface area contributed by atoms with Crippen LogP contribution >= 0.6 is 0 Å². The largest absolute Gasteiger partial charge is 0.456 e. The number of fused-ring (bicyclic) bond motifs is 1. The predicted molar refractivity (Wildman–Crippen MR) is 61.4 cm³/mol. The summed E-state index contributed by atoms with van der Waals surface area (Å²) in [6, 6.07) is 1.88. The third-order valence-corrected chi connectivity index (χ3v) is 3.00. The summed E-state index contributed by atoms with van der Waals surface area (Å²) in [5, 5.41) is 3.27. The molecule has 0 spiro atoms. The van der Waals surface area contributed by atoms with Crippen molar-refractivity contribution in [1.29, 1.82) is 0 Å². The lowest BCUT2D eigenvalue weighted by molar-refractivity contribution is 0.0739. The van der Waals surface area contributed by atoms with Crippen LogP contribution < -0.4 is 5.32 Å². The summed E-state index contributed by atoms with van der Waals surface area (Å²) in [5.41, 5.74) is 1.13. The first kappa shape index (κ1) is 11.2. The maximum Gasteiger partial charge on any atom is 0.289 e. The van der Waals surface area contributed by atoms with Crippen LogP contribution in [0.3, 0.4) is 0 Å². The van der Waals surface area contributed by atoms with Crippen molar-refractivity contribution in [2.24, 2.45) is 0 Å². The minimum Gasteiger partial charge on any atom is -0.456 e. The number of nitrogens with one attached hydrogen (secondary N) is 1. The van der Waals surface area contributed by atoms with E-state index in [2.05, 4.69) is 5.32 Å². The summed E-state index contributed by atoms with van der Waals surface area (Å²) in [4.78, 5) is 13.8. The molecule has 0 atom stereocenters. The van der Waals surface area contributed by atoms with Crippen molar-refractivity contribution in [2.45, 2.75) is 26.8 Å². The van der Waals surface area contributed by atoms with Gasteiger partial charge in [-0.1, -0.05) is 0 Å². The zero-order chi connectivity index (χ0) is 11.5. The first-order chi connectivity index (χ1) is 7.76. The number of carbonyl (C=O) groups is 1. The van der Waals surface area contributed by atoms with Crippen LogP contribution in [0, 0.1) is 0 Å². The zero-order valence-electron chi connectivity index (χ0n) is 9.88. The SMILES string of the molecule is CCN(CC)C(=O)c1cc2c(o1)CCNC2. The van der Waals surface area contributed by atoms with Gasteiger partial charge >= 0.3 is 0 Å². The number of furan rings is 1. The van der Waals surface area contributed by atoms with Gasteiger partial charge in [0.1, 0.15) is 5.76 Å². The second-order valence-electron chi connectivity index (χ2n) is 3.96. The molecule has 4 heteroatoms. The number of hydrogen-bond donors (Lipinski definition) is 1. The summed E-state index contributed by atoms with van der Waals surface area (Å²) < 4.78 is 5.62. The van der Waals surface area contributed by atoms with Gasteiger partial charge in [0, 0.05) is 38.2 Å². The Kier molecular flexibility index (Phi) is 3.29. The molecule has 1 N–H and O–H groups in total. The standard InChI is InChI=1S/C12H18N2O2/c1-3-14(4-2)12(15)11-7-9-8-13-6-5-10(9)16-11/h7,13H,3-6,8H2,1-2H3. The number of hydrogen-bond acceptors (Lipinski definition) is 3. The van der Waals surface area contributed by atoms with Crippen molar-refractivity contribution < 1.29 is 9.21 Å². The highest BCUT2D eigenvalue weighted by atomic mass is 16.4. The third kappa shape index (κ3) is 1.97. The summed E-state index contributed by atoms with van der Waals surface area (Å²) in [6.07, 6.45) is 0.876. The molecule has 0 bridgehead atoms. The Bertz CT molecular complexity index is 357. The van der Waals surface area contributed by atoms with E-state index in [-0.39, 0.29) is 5.91 Å². The van der Waals surface area contributed by atoms with Gasteiger partial charge in [-0.15, -0.1) is 0 Å². The molecule has 4 nitrogen and oxygen atoms in total. The molecule has 1 aliphatic heterocycles. The van der Waals surface area contributed by atoms with E-state index in [1.165, 1.54) is 0 Å². The van der Waals surface area contributed by atoms with Crippen LogP contribution in [0.4, 0.5) is 0 Å². The number of rotatable bonds is 3. The summed E-state index contributed by atoms with van der Waals surface area (Å²) in [7, 11) is 0. The molecular weight excluding hydrogens is 204 g/mol. The molecule has 1 aromatic rings. The van der Waals surface area contributed by atoms with Gasteiger partial charge in [0.2, 0.25) is 0 Å². The number of amides is 1. The number of nitrogens with zero attached hydrogens (tertiary/aromatic N) is 1. The minimum absolute atomic E-state index is 0.000556. The second-order valence-corrected chi connectivity index (χ2v) is 3.96. The molecule has 1 amide bonds. The van der Waals surface area contributed by atoms with Crippen LogP contribution in [0.25, 0.3) is 0 Å². The lowest BCUT2D eigenvalue weighted by atomic mass is 10.1. The van der Waals surface area contributed by atoms with Crippen LogP contribution in [0.15, 0.2) is 10.5 Å². The Labute approximate surface area is 95.6 Å². The molecule has 2 rings (SSSR count). The van der Waals surface area contributed by atoms with Gasteiger partial charge in [-0.05, 0) is 19.9 Å². The average molecular weight is 222 g/mol. The lowest BCUT2D eigenvalue weighted by Crippen LogP contribution is -2.30. The third-order valence-electron chi connectivity index (χ3n) is 3.00. The van der Waals surface area contributed by atoms with E-state index >= 15 is 0 Å². The number of carbonyl (C=O) groups excluding carboxylic acids is 1. The highest BCUT2D eigenvalue weighted by molar-refractivity contribution is 5.91. The fourth-order valence-corrected chi connectivity index (χ4v) is 2.02. The highest BCUT2D eigenvalue weighted by Gasteiger charge is 2.21. The molecule has 0 radical (unpaired) electrons. The van der Waals surface area contributed by atoms with Gasteiger partial charge in [-0.25, -0.2) is 0 Å². The van der Waals surface area contributed by atoms with Crippen LogP contribution in [-0.4, -0.2) is 30.4 Å². The Balaban J connectivity index is 2.20. The van der Waals surface area contributed by atoms with Crippen molar-refractivity contribution in [1.82, 2.24) is 10.2 Å². The van der Waals surface area contributed by atoms with Crippen molar-refractivity contribution >= 4 is 5.91 Å². The van der Waals surface area contributed by atoms with Crippen molar-refractivity contribution in [3.8, 4) is 0 Å². The molecule has 0 aliphatic carbocycles. The van der Waals surface area contributed by atoms with E-state index in [4.69, 9.17) is 4.42 Å². The molecule has 0 saturated heterocycles. The van der Waals surface area contributed by atoms with Gasteiger partial charge in [0.05, 0.1) is 0 Å². The second kappa shape index (κ2) is 4.70. The summed E-state index contributed by atoms with van der Waals surface area (Å²) >= 11 is 0. The maximum absolute atomic E-state index is 12.0. The zero-order valence-corrected chi connectivity index (χ0v) is 9.88. The smallest absolute Gasteiger partial charge is 0.289 e. The Morgan fingerprint density at radius 2 is 2.25 bits per heavy atom. The monoisotopic (exact) mass is 222 g/mol. The molecule has 2 heterocycles. The van der Waals surface area contributed by atoms with Crippen LogP contribution in [0.2, 0.25) is 0 Å². The first-order valence-electron chi connectivity index (χ1n) is 5.87. The molecular formula is C12H18N2O2. The van der Waals surface area contributed by atoms with E-state index < -0.39 is 0 Å². The highest BCUT2D eigenvalue weighted by Crippen LogP contribution is 2.20. The van der Waals surface area contributed by atoms with E-state index in [9.17, 15) is 4.79 Å². The Morgan fingerprint density at radius 3 is 2.88 bits per heavy atom. The summed E-state index contributed by atoms with van der Waals surface area (Å²) in [6.45, 7) is 7.14. The average Bonchev–Trinajstić information content (AvgIpc) is 2.74. The molecule has 0 saturated carbocycles. The molecule has 88 valence electrons. The van der Waals surface area contributed by atoms with Gasteiger partial charge < -0.3 is 14.6 Å². The Morgan fingerprint density at radius 1 is 1.50 bits per heavy atom. The molecule has 1 aliphatic rings. The van der Waals surface area contributed by atoms with Crippen molar-refractivity contribution in [3.63, 3.8) is 0 Å². The molecule has 0 fully saturated rings. The van der Waals surface area contributed by atoms with E-state index in [1.54, 1.807) is 4.90 Å². The van der Waals surface area contributed by atoms with Crippen LogP contribution in [-0.2, 0) is 13.0 Å². The van der Waals surface area contributed by atoms with Gasteiger partial charge in [0.15, 0.2) is 5.76 Å². The van der Waals surface area contributed by atoms with Gasteiger partial charge in [-0.3, -0.25) is 4.79 Å². The predicted octanol–water partition coefficient (Wildman–Crippen LogP) is 1.41. The lowest BCUT2D eigenvalue weighted by Gasteiger charge is -2.16. The van der Waals surface area contributed by atoms with E-state index in [1.807, 2.05) is 19.9 Å². The maximum atomic E-state index is 12.0. The van der Waals surface area contributed by atoms with E-state index in [0.29, 0.717) is 5.76 Å². The van der Waals surface area contributed by atoms with Crippen molar-refractivity contribution in [3.05, 3.63) is 23.2 Å². The van der Waals surface area contributed by atoms with Crippen molar-refractivity contribution in [2.75, 3.05) is 19.6 Å². The normalized spacial score (nSPS) is 14.6.